The molecule has 0 amide bonds. The smallest absolute Gasteiger partial charge is 0.136 e. The second-order valence-corrected chi connectivity index (χ2v) is 7.34. The average Bonchev–Trinajstić information content (AvgIpc) is 2.37. The summed E-state index contributed by atoms with van der Waals surface area (Å²) in [6.45, 7) is 0. The van der Waals surface area contributed by atoms with Crippen LogP contribution in [-0.4, -0.2) is 40.3 Å². The van der Waals surface area contributed by atoms with Crippen LogP contribution in [0.2, 0.25) is 0 Å². The maximum atomic E-state index is 11.8. The number of hydrogen-bond donors (Lipinski definition) is 0. The van der Waals surface area contributed by atoms with Crippen molar-refractivity contribution >= 4 is 17.5 Å². The molecule has 0 radical (unpaired) electrons. The number of fused-ring (bicyclic) bond motifs is 2. The number of piperidine rings is 2. The molecule has 2 bridgehead atoms. The summed E-state index contributed by atoms with van der Waals surface area (Å²) in [5, 5.41) is 0.815. The van der Waals surface area contributed by atoms with E-state index in [9.17, 15) is 4.79 Å². The fourth-order valence-corrected chi connectivity index (χ4v) is 5.44. The second-order valence-electron chi connectivity index (χ2n) is 6.26. The molecule has 18 heavy (non-hydrogen) atoms. The van der Waals surface area contributed by atoms with Gasteiger partial charge in [-0.25, -0.2) is 0 Å². The molecule has 0 spiro atoms. The summed E-state index contributed by atoms with van der Waals surface area (Å²) in [5.74, 6) is 0.525. The lowest BCUT2D eigenvalue weighted by atomic mass is 9.80. The molecule has 3 rings (SSSR count). The molecular weight excluding hydrogens is 242 g/mol. The Balaban J connectivity index is 1.79. The third-order valence-electron chi connectivity index (χ3n) is 5.20. The molecule has 2 heterocycles. The van der Waals surface area contributed by atoms with Gasteiger partial charge in [0.1, 0.15) is 5.78 Å². The first kappa shape index (κ1) is 13.0. The van der Waals surface area contributed by atoms with Crippen molar-refractivity contribution in [3.63, 3.8) is 0 Å². The van der Waals surface area contributed by atoms with E-state index in [1.807, 2.05) is 0 Å². The predicted octanol–water partition coefficient (Wildman–Crippen LogP) is 3.25. The summed E-state index contributed by atoms with van der Waals surface area (Å²) < 4.78 is 0. The summed E-state index contributed by atoms with van der Waals surface area (Å²) in [7, 11) is 0. The Morgan fingerprint density at radius 3 is 2.33 bits per heavy atom. The lowest BCUT2D eigenvalue weighted by Crippen LogP contribution is -2.59. The molecule has 3 heteroatoms. The highest BCUT2D eigenvalue weighted by Crippen LogP contribution is 2.40. The molecule has 3 fully saturated rings. The Morgan fingerprint density at radius 2 is 1.67 bits per heavy atom. The number of carbonyl (C=O) groups excluding carboxylic acids is 1. The second kappa shape index (κ2) is 5.54. The maximum Gasteiger partial charge on any atom is 0.136 e. The van der Waals surface area contributed by atoms with Crippen molar-refractivity contribution in [3.8, 4) is 0 Å². The molecular formula is C15H25NOS. The van der Waals surface area contributed by atoms with Crippen LogP contribution in [0.15, 0.2) is 0 Å². The summed E-state index contributed by atoms with van der Waals surface area (Å²) in [4.78, 5) is 14.6. The molecule has 2 aliphatic heterocycles. The van der Waals surface area contributed by atoms with Crippen molar-refractivity contribution in [1.82, 2.24) is 4.90 Å². The largest absolute Gasteiger partial charge is 0.300 e. The normalized spacial score (nSPS) is 41.9. The van der Waals surface area contributed by atoms with Crippen LogP contribution in [0.1, 0.15) is 57.8 Å². The van der Waals surface area contributed by atoms with E-state index in [-0.39, 0.29) is 0 Å². The lowest BCUT2D eigenvalue weighted by Gasteiger charge is -2.52. The topological polar surface area (TPSA) is 20.3 Å². The molecule has 4 atom stereocenters. The molecule has 0 N–H and O–H groups in total. The van der Waals surface area contributed by atoms with Gasteiger partial charge in [-0.3, -0.25) is 9.69 Å². The summed E-state index contributed by atoms with van der Waals surface area (Å²) >= 11 is 2.06. The Labute approximate surface area is 115 Å². The zero-order valence-corrected chi connectivity index (χ0v) is 12.3. The molecule has 4 unspecified atom stereocenters. The van der Waals surface area contributed by atoms with E-state index in [0.29, 0.717) is 17.9 Å². The molecule has 3 aliphatic rings. The minimum Gasteiger partial charge on any atom is -0.300 e. The summed E-state index contributed by atoms with van der Waals surface area (Å²) in [5.41, 5.74) is 0. The first-order chi connectivity index (χ1) is 8.79. The quantitative estimate of drug-likeness (QED) is 0.766. The van der Waals surface area contributed by atoms with Crippen molar-refractivity contribution in [1.29, 1.82) is 0 Å². The highest BCUT2D eigenvalue weighted by Gasteiger charge is 2.43. The van der Waals surface area contributed by atoms with Crippen LogP contribution in [0, 0.1) is 0 Å². The van der Waals surface area contributed by atoms with Gasteiger partial charge in [0, 0.05) is 36.2 Å². The molecule has 102 valence electrons. The predicted molar refractivity (Wildman–Crippen MR) is 77.1 cm³/mol. The van der Waals surface area contributed by atoms with Crippen LogP contribution in [-0.2, 0) is 4.79 Å². The zero-order chi connectivity index (χ0) is 12.5. The number of carbonyl (C=O) groups is 1. The first-order valence-electron chi connectivity index (χ1n) is 7.61. The van der Waals surface area contributed by atoms with Crippen molar-refractivity contribution in [2.24, 2.45) is 0 Å². The third kappa shape index (κ3) is 2.36. The van der Waals surface area contributed by atoms with E-state index in [1.54, 1.807) is 0 Å². The van der Waals surface area contributed by atoms with Gasteiger partial charge in [-0.05, 0) is 31.9 Å². The van der Waals surface area contributed by atoms with Crippen molar-refractivity contribution in [3.05, 3.63) is 0 Å². The van der Waals surface area contributed by atoms with E-state index in [2.05, 4.69) is 22.9 Å². The van der Waals surface area contributed by atoms with Crippen LogP contribution in [0.5, 0.6) is 0 Å². The van der Waals surface area contributed by atoms with Gasteiger partial charge >= 0.3 is 0 Å². The molecule has 1 aliphatic carbocycles. The van der Waals surface area contributed by atoms with Gasteiger partial charge in [0.25, 0.3) is 0 Å². The van der Waals surface area contributed by atoms with Gasteiger partial charge < -0.3 is 0 Å². The molecule has 1 saturated carbocycles. The fraction of sp³-hybridized carbons (Fsp3) is 0.933. The van der Waals surface area contributed by atoms with Gasteiger partial charge in [-0.1, -0.05) is 19.3 Å². The van der Waals surface area contributed by atoms with E-state index in [0.717, 1.165) is 24.1 Å². The van der Waals surface area contributed by atoms with Crippen LogP contribution in [0.3, 0.4) is 0 Å². The van der Waals surface area contributed by atoms with Gasteiger partial charge in [-0.2, -0.15) is 11.8 Å². The highest BCUT2D eigenvalue weighted by atomic mass is 32.2. The fourth-order valence-electron chi connectivity index (χ4n) is 4.44. The molecule has 0 aromatic heterocycles. The van der Waals surface area contributed by atoms with E-state index in [4.69, 9.17) is 0 Å². The Kier molecular flexibility index (Phi) is 4.00. The lowest BCUT2D eigenvalue weighted by molar-refractivity contribution is -0.129. The highest BCUT2D eigenvalue weighted by molar-refractivity contribution is 7.99. The molecule has 2 nitrogen and oxygen atoms in total. The number of rotatable bonds is 2. The van der Waals surface area contributed by atoms with Crippen molar-refractivity contribution in [2.75, 3.05) is 6.26 Å². The van der Waals surface area contributed by atoms with Crippen LogP contribution >= 0.6 is 11.8 Å². The van der Waals surface area contributed by atoms with E-state index >= 15 is 0 Å². The maximum absolute atomic E-state index is 11.8. The number of thioether (sulfide) groups is 1. The third-order valence-corrected chi connectivity index (χ3v) is 6.35. The Morgan fingerprint density at radius 1 is 1.00 bits per heavy atom. The minimum atomic E-state index is 0.525. The summed E-state index contributed by atoms with van der Waals surface area (Å²) in [6.07, 6.45) is 13.4. The van der Waals surface area contributed by atoms with Gasteiger partial charge in [0.15, 0.2) is 0 Å². The van der Waals surface area contributed by atoms with Gasteiger partial charge in [-0.15, -0.1) is 0 Å². The SMILES string of the molecule is CSC1CCCCC1N1C2CCCC1CC(=O)C2. The van der Waals surface area contributed by atoms with Crippen LogP contribution < -0.4 is 0 Å². The molecule has 0 aromatic carbocycles. The minimum absolute atomic E-state index is 0.525. The summed E-state index contributed by atoms with van der Waals surface area (Å²) in [6, 6.07) is 1.93. The average molecular weight is 267 g/mol. The number of nitrogens with zero attached hydrogens (tertiary/aromatic N) is 1. The van der Waals surface area contributed by atoms with Gasteiger partial charge in [0.05, 0.1) is 0 Å². The van der Waals surface area contributed by atoms with Crippen LogP contribution in [0.25, 0.3) is 0 Å². The van der Waals surface area contributed by atoms with Crippen molar-refractivity contribution in [2.45, 2.75) is 81.2 Å². The number of ketones is 1. The molecule has 0 aromatic rings. The van der Waals surface area contributed by atoms with Crippen LogP contribution in [0.4, 0.5) is 0 Å². The Hall–Kier alpha value is -0.0200. The zero-order valence-electron chi connectivity index (χ0n) is 11.4. The monoisotopic (exact) mass is 267 g/mol. The van der Waals surface area contributed by atoms with E-state index < -0.39 is 0 Å². The molecule has 2 saturated heterocycles. The van der Waals surface area contributed by atoms with Crippen molar-refractivity contribution < 1.29 is 4.79 Å². The first-order valence-corrected chi connectivity index (χ1v) is 8.90. The van der Waals surface area contributed by atoms with E-state index in [1.165, 1.54) is 44.9 Å². The standard InChI is InChI=1S/C15H25NOS/c1-18-15-8-3-2-7-14(15)16-11-5-4-6-12(16)10-13(17)9-11/h11-12,14-15H,2-10H2,1H3. The number of hydrogen-bond acceptors (Lipinski definition) is 3. The van der Waals surface area contributed by atoms with Gasteiger partial charge in [0.2, 0.25) is 0 Å². The Bertz CT molecular complexity index is 304. The number of Topliss-reactive ketones (excluding diaryl/α,β-unsaturated/α-hetero) is 1.